The maximum atomic E-state index is 12.1. The van der Waals surface area contributed by atoms with E-state index in [-0.39, 0.29) is 11.7 Å². The maximum Gasteiger partial charge on any atom is 0.231 e. The number of hydrogen-bond donors (Lipinski definition) is 0. The van der Waals surface area contributed by atoms with Crippen molar-refractivity contribution in [3.63, 3.8) is 0 Å². The molecular weight excluding hydrogens is 262 g/mol. The summed E-state index contributed by atoms with van der Waals surface area (Å²) in [6.45, 7) is 2.41. The predicted octanol–water partition coefficient (Wildman–Crippen LogP) is 3.37. The molecule has 0 radical (unpaired) electrons. The van der Waals surface area contributed by atoms with Crippen LogP contribution in [0, 0.1) is 0 Å². The van der Waals surface area contributed by atoms with Crippen molar-refractivity contribution >= 4 is 17.4 Å². The van der Waals surface area contributed by atoms with Gasteiger partial charge in [0.2, 0.25) is 5.91 Å². The zero-order valence-corrected chi connectivity index (χ0v) is 12.0. The molecule has 0 saturated heterocycles. The summed E-state index contributed by atoms with van der Waals surface area (Å²) in [6.07, 6.45) is 0.986. The minimum Gasteiger partial charge on any atom is -0.307 e. The van der Waals surface area contributed by atoms with Crippen molar-refractivity contribution in [2.45, 2.75) is 26.3 Å². The van der Waals surface area contributed by atoms with Crippen LogP contribution in [0.3, 0.4) is 0 Å². The van der Waals surface area contributed by atoms with Gasteiger partial charge < -0.3 is 4.90 Å². The van der Waals surface area contributed by atoms with E-state index in [1.165, 1.54) is 0 Å². The van der Waals surface area contributed by atoms with Gasteiger partial charge >= 0.3 is 0 Å². The number of amides is 1. The monoisotopic (exact) mass is 279 g/mol. The molecule has 2 aromatic carbocycles. The summed E-state index contributed by atoms with van der Waals surface area (Å²) < 4.78 is 0. The number of anilines is 1. The Balaban J connectivity index is 1.81. The molecule has 21 heavy (non-hydrogen) atoms. The van der Waals surface area contributed by atoms with Crippen molar-refractivity contribution in [2.75, 3.05) is 4.90 Å². The predicted molar refractivity (Wildman–Crippen MR) is 82.4 cm³/mol. The Morgan fingerprint density at radius 1 is 1.10 bits per heavy atom. The lowest BCUT2D eigenvalue weighted by Gasteiger charge is -2.17. The van der Waals surface area contributed by atoms with Gasteiger partial charge in [-0.05, 0) is 17.2 Å². The third kappa shape index (κ3) is 2.59. The molecule has 0 aliphatic carbocycles. The number of ketones is 1. The number of carbonyl (C=O) groups excluding carboxylic acids is 2. The van der Waals surface area contributed by atoms with E-state index in [1.54, 1.807) is 0 Å². The van der Waals surface area contributed by atoms with Gasteiger partial charge in [0.1, 0.15) is 0 Å². The fraction of sp³-hybridized carbons (Fsp3) is 0.222. The average molecular weight is 279 g/mol. The normalized spacial score (nSPS) is 13.4. The second kappa shape index (κ2) is 5.52. The van der Waals surface area contributed by atoms with E-state index in [1.807, 2.05) is 60.4 Å². The Hall–Kier alpha value is -2.42. The van der Waals surface area contributed by atoms with Crippen LogP contribution in [-0.4, -0.2) is 11.7 Å². The second-order valence-corrected chi connectivity index (χ2v) is 5.26. The summed E-state index contributed by atoms with van der Waals surface area (Å²) in [4.78, 5) is 25.6. The smallest absolute Gasteiger partial charge is 0.231 e. The summed E-state index contributed by atoms with van der Waals surface area (Å²) in [7, 11) is 0. The Morgan fingerprint density at radius 3 is 2.52 bits per heavy atom. The summed E-state index contributed by atoms with van der Waals surface area (Å²) in [6, 6.07) is 15.4. The van der Waals surface area contributed by atoms with Crippen LogP contribution in [0.5, 0.6) is 0 Å². The van der Waals surface area contributed by atoms with E-state index in [2.05, 4.69) is 0 Å². The van der Waals surface area contributed by atoms with Gasteiger partial charge in [-0.25, -0.2) is 0 Å². The molecule has 1 amide bonds. The third-order valence-electron chi connectivity index (χ3n) is 3.86. The Labute approximate surface area is 124 Å². The number of nitrogens with zero attached hydrogens (tertiary/aromatic N) is 1. The average Bonchev–Trinajstić information content (AvgIpc) is 2.83. The van der Waals surface area contributed by atoms with Gasteiger partial charge in [0.05, 0.1) is 13.0 Å². The summed E-state index contributed by atoms with van der Waals surface area (Å²) >= 11 is 0. The number of Topliss-reactive ketones (excluding diaryl/α,β-unsaturated/α-hetero) is 1. The zero-order valence-electron chi connectivity index (χ0n) is 12.0. The van der Waals surface area contributed by atoms with E-state index < -0.39 is 0 Å². The van der Waals surface area contributed by atoms with Crippen LogP contribution in [0.25, 0.3) is 0 Å². The molecule has 0 saturated carbocycles. The molecule has 0 unspecified atom stereocenters. The van der Waals surface area contributed by atoms with Gasteiger partial charge in [-0.2, -0.15) is 0 Å². The van der Waals surface area contributed by atoms with Crippen molar-refractivity contribution in [1.82, 2.24) is 0 Å². The van der Waals surface area contributed by atoms with E-state index in [9.17, 15) is 9.59 Å². The van der Waals surface area contributed by atoms with Crippen LogP contribution in [0.1, 0.15) is 34.8 Å². The van der Waals surface area contributed by atoms with Gasteiger partial charge in [-0.15, -0.1) is 0 Å². The number of carbonyl (C=O) groups is 2. The number of rotatable bonds is 4. The quantitative estimate of drug-likeness (QED) is 0.805. The summed E-state index contributed by atoms with van der Waals surface area (Å²) in [5, 5.41) is 0. The van der Waals surface area contributed by atoms with E-state index in [0.29, 0.717) is 19.4 Å². The largest absolute Gasteiger partial charge is 0.307 e. The van der Waals surface area contributed by atoms with Gasteiger partial charge in [0.15, 0.2) is 5.78 Å². The molecule has 0 bridgehead atoms. The molecule has 3 heteroatoms. The molecule has 0 atom stereocenters. The highest BCUT2D eigenvalue weighted by Crippen LogP contribution is 2.29. The lowest BCUT2D eigenvalue weighted by Crippen LogP contribution is -2.25. The highest BCUT2D eigenvalue weighted by atomic mass is 16.2. The molecule has 0 aromatic heterocycles. The number of para-hydroxylation sites is 1. The first-order valence-corrected chi connectivity index (χ1v) is 7.19. The van der Waals surface area contributed by atoms with Crippen LogP contribution < -0.4 is 4.90 Å². The Morgan fingerprint density at radius 2 is 1.81 bits per heavy atom. The molecule has 3 nitrogen and oxygen atoms in total. The summed E-state index contributed by atoms with van der Waals surface area (Å²) in [5.74, 6) is 0.272. The maximum absolute atomic E-state index is 12.1. The minimum absolute atomic E-state index is 0.130. The minimum atomic E-state index is 0.130. The molecule has 1 aliphatic heterocycles. The van der Waals surface area contributed by atoms with Gasteiger partial charge in [0.25, 0.3) is 0 Å². The zero-order chi connectivity index (χ0) is 14.8. The molecule has 2 aromatic rings. The van der Waals surface area contributed by atoms with Gasteiger partial charge in [0, 0.05) is 17.7 Å². The SMILES string of the molecule is CCC(=O)c1ccc(CN2C(=O)Cc3ccccc32)cc1. The van der Waals surface area contributed by atoms with Gasteiger partial charge in [-0.3, -0.25) is 9.59 Å². The third-order valence-corrected chi connectivity index (χ3v) is 3.86. The van der Waals surface area contributed by atoms with Crippen molar-refractivity contribution in [2.24, 2.45) is 0 Å². The topological polar surface area (TPSA) is 37.4 Å². The number of benzene rings is 2. The van der Waals surface area contributed by atoms with Gasteiger partial charge in [-0.1, -0.05) is 49.4 Å². The van der Waals surface area contributed by atoms with Crippen LogP contribution in [0.15, 0.2) is 48.5 Å². The van der Waals surface area contributed by atoms with Crippen molar-refractivity contribution in [3.8, 4) is 0 Å². The highest BCUT2D eigenvalue weighted by Gasteiger charge is 2.26. The highest BCUT2D eigenvalue weighted by molar-refractivity contribution is 6.01. The van der Waals surface area contributed by atoms with Crippen molar-refractivity contribution < 1.29 is 9.59 Å². The van der Waals surface area contributed by atoms with Crippen molar-refractivity contribution in [3.05, 3.63) is 65.2 Å². The Kier molecular flexibility index (Phi) is 3.57. The molecule has 3 rings (SSSR count). The summed E-state index contributed by atoms with van der Waals surface area (Å²) in [5.41, 5.74) is 3.85. The van der Waals surface area contributed by atoms with E-state index >= 15 is 0 Å². The molecule has 1 heterocycles. The fourth-order valence-corrected chi connectivity index (χ4v) is 2.67. The van der Waals surface area contributed by atoms with Crippen LogP contribution in [0.4, 0.5) is 5.69 Å². The fourth-order valence-electron chi connectivity index (χ4n) is 2.67. The van der Waals surface area contributed by atoms with E-state index in [0.717, 1.165) is 22.4 Å². The molecular formula is C18H17NO2. The first kappa shape index (κ1) is 13.6. The molecule has 1 aliphatic rings. The van der Waals surface area contributed by atoms with Crippen LogP contribution in [-0.2, 0) is 17.8 Å². The first-order valence-electron chi connectivity index (χ1n) is 7.19. The molecule has 106 valence electrons. The second-order valence-electron chi connectivity index (χ2n) is 5.26. The number of hydrogen-bond acceptors (Lipinski definition) is 2. The molecule has 0 N–H and O–H groups in total. The standard InChI is InChI=1S/C18H17NO2/c1-2-17(20)14-9-7-13(8-10-14)12-19-16-6-4-3-5-15(16)11-18(19)21/h3-10H,2,11-12H2,1H3. The lowest BCUT2D eigenvalue weighted by atomic mass is 10.1. The van der Waals surface area contributed by atoms with Crippen molar-refractivity contribution in [1.29, 1.82) is 0 Å². The van der Waals surface area contributed by atoms with E-state index in [4.69, 9.17) is 0 Å². The lowest BCUT2D eigenvalue weighted by molar-refractivity contribution is -0.117. The van der Waals surface area contributed by atoms with Crippen LogP contribution >= 0.6 is 0 Å². The molecule has 0 fully saturated rings. The molecule has 0 spiro atoms. The number of fused-ring (bicyclic) bond motifs is 1. The Bertz CT molecular complexity index is 689. The van der Waals surface area contributed by atoms with Crippen LogP contribution in [0.2, 0.25) is 0 Å². The first-order chi connectivity index (χ1) is 10.2.